The second-order valence-corrected chi connectivity index (χ2v) is 8.59. The van der Waals surface area contributed by atoms with Gasteiger partial charge in [-0.15, -0.1) is 24.2 Å². The number of nitrogens with one attached hydrogen (secondary N) is 2. The Morgan fingerprint density at radius 3 is 2.46 bits per heavy atom. The molecular weight excluding hydrogens is 340 g/mol. The number of aryl methyl sites for hydroxylation is 1. The molecular formula is C19H29ClN2OS. The second-order valence-electron chi connectivity index (χ2n) is 7.05. The minimum atomic E-state index is 0. The molecule has 2 fully saturated rings. The van der Waals surface area contributed by atoms with Crippen molar-refractivity contribution in [1.82, 2.24) is 10.6 Å². The molecule has 1 heterocycles. The van der Waals surface area contributed by atoms with E-state index >= 15 is 0 Å². The first kappa shape index (κ1) is 19.6. The smallest absolute Gasteiger partial charge is 0.223 e. The molecule has 0 aromatic heterocycles. The molecule has 134 valence electrons. The maximum absolute atomic E-state index is 12.4. The number of halogens is 1. The molecule has 2 N–H and O–H groups in total. The van der Waals surface area contributed by atoms with E-state index in [0.29, 0.717) is 0 Å². The Labute approximate surface area is 156 Å². The van der Waals surface area contributed by atoms with Gasteiger partial charge in [-0.2, -0.15) is 0 Å². The summed E-state index contributed by atoms with van der Waals surface area (Å²) >= 11 is 1.97. The van der Waals surface area contributed by atoms with Crippen LogP contribution in [0.5, 0.6) is 0 Å². The summed E-state index contributed by atoms with van der Waals surface area (Å²) in [6, 6.07) is 8.79. The van der Waals surface area contributed by atoms with Crippen LogP contribution in [0.1, 0.15) is 44.1 Å². The molecule has 1 saturated heterocycles. The Hall–Kier alpha value is -0.710. The summed E-state index contributed by atoms with van der Waals surface area (Å²) in [5.41, 5.74) is 1.30. The van der Waals surface area contributed by atoms with Gasteiger partial charge in [0.15, 0.2) is 0 Å². The highest BCUT2D eigenvalue weighted by molar-refractivity contribution is 8.00. The van der Waals surface area contributed by atoms with Crippen molar-refractivity contribution in [2.75, 3.05) is 19.6 Å². The number of amides is 1. The van der Waals surface area contributed by atoms with Gasteiger partial charge in [0.2, 0.25) is 5.91 Å². The molecule has 0 unspecified atom stereocenters. The zero-order chi connectivity index (χ0) is 16.1. The molecule has 5 heteroatoms. The average molecular weight is 369 g/mol. The van der Waals surface area contributed by atoms with Gasteiger partial charge in [-0.1, -0.05) is 30.5 Å². The van der Waals surface area contributed by atoms with Gasteiger partial charge in [-0.3, -0.25) is 4.79 Å². The lowest BCUT2D eigenvalue weighted by molar-refractivity contribution is -0.125. The van der Waals surface area contributed by atoms with E-state index in [-0.39, 0.29) is 29.0 Å². The van der Waals surface area contributed by atoms with Crippen LogP contribution >= 0.6 is 24.2 Å². The van der Waals surface area contributed by atoms with Crippen LogP contribution in [0, 0.1) is 12.8 Å². The lowest BCUT2D eigenvalue weighted by Crippen LogP contribution is -2.43. The average Bonchev–Trinajstić information content (AvgIpc) is 3.04. The number of hydrogen-bond donors (Lipinski definition) is 2. The van der Waals surface area contributed by atoms with Crippen LogP contribution in [0.3, 0.4) is 0 Å². The van der Waals surface area contributed by atoms with Crippen LogP contribution in [0.2, 0.25) is 0 Å². The van der Waals surface area contributed by atoms with Gasteiger partial charge in [0.25, 0.3) is 0 Å². The minimum absolute atomic E-state index is 0. The fraction of sp³-hybridized carbons (Fsp3) is 0.632. The van der Waals surface area contributed by atoms with Gasteiger partial charge in [0.05, 0.1) is 0 Å². The van der Waals surface area contributed by atoms with Crippen LogP contribution in [0.4, 0.5) is 0 Å². The van der Waals surface area contributed by atoms with Crippen LogP contribution < -0.4 is 10.6 Å². The molecule has 3 rings (SSSR count). The highest BCUT2D eigenvalue weighted by atomic mass is 35.5. The topological polar surface area (TPSA) is 41.1 Å². The van der Waals surface area contributed by atoms with E-state index in [4.69, 9.17) is 0 Å². The zero-order valence-corrected chi connectivity index (χ0v) is 16.1. The Bertz CT molecular complexity index is 523. The summed E-state index contributed by atoms with van der Waals surface area (Å²) < 4.78 is 0.192. The van der Waals surface area contributed by atoms with Gasteiger partial charge in [0.1, 0.15) is 0 Å². The van der Waals surface area contributed by atoms with Crippen molar-refractivity contribution < 1.29 is 4.79 Å². The third kappa shape index (κ3) is 5.14. The summed E-state index contributed by atoms with van der Waals surface area (Å²) in [6.07, 6.45) is 6.92. The third-order valence-electron chi connectivity index (χ3n) is 5.16. The quantitative estimate of drug-likeness (QED) is 0.827. The van der Waals surface area contributed by atoms with E-state index in [9.17, 15) is 4.79 Å². The number of hydrogen-bond acceptors (Lipinski definition) is 3. The molecule has 0 atom stereocenters. The van der Waals surface area contributed by atoms with Gasteiger partial charge in [-0.05, 0) is 57.8 Å². The maximum Gasteiger partial charge on any atom is 0.223 e. The summed E-state index contributed by atoms with van der Waals surface area (Å²) in [7, 11) is 0. The number of benzene rings is 1. The molecule has 0 bridgehead atoms. The Balaban J connectivity index is 0.00000208. The van der Waals surface area contributed by atoms with Crippen molar-refractivity contribution >= 4 is 30.1 Å². The second kappa shape index (κ2) is 9.12. The molecule has 1 aliphatic heterocycles. The minimum Gasteiger partial charge on any atom is -0.354 e. The summed E-state index contributed by atoms with van der Waals surface area (Å²) in [5, 5.41) is 6.61. The first-order valence-corrected chi connectivity index (χ1v) is 9.73. The van der Waals surface area contributed by atoms with Crippen molar-refractivity contribution in [2.45, 2.75) is 55.1 Å². The van der Waals surface area contributed by atoms with Crippen LogP contribution in [0.15, 0.2) is 29.2 Å². The van der Waals surface area contributed by atoms with Crippen LogP contribution in [-0.2, 0) is 4.79 Å². The molecule has 1 aromatic rings. The molecule has 0 spiro atoms. The predicted octanol–water partition coefficient (Wildman–Crippen LogP) is 3.94. The van der Waals surface area contributed by atoms with Crippen molar-refractivity contribution in [2.24, 2.45) is 5.92 Å². The number of rotatable bonds is 5. The molecule has 3 nitrogen and oxygen atoms in total. The zero-order valence-electron chi connectivity index (χ0n) is 14.5. The lowest BCUT2D eigenvalue weighted by atomic mass is 9.97. The Morgan fingerprint density at radius 2 is 1.83 bits per heavy atom. The van der Waals surface area contributed by atoms with Gasteiger partial charge < -0.3 is 10.6 Å². The lowest BCUT2D eigenvalue weighted by Gasteiger charge is -2.30. The summed E-state index contributed by atoms with van der Waals surface area (Å²) in [6.45, 7) is 4.88. The van der Waals surface area contributed by atoms with Crippen molar-refractivity contribution in [3.8, 4) is 0 Å². The van der Waals surface area contributed by atoms with Crippen LogP contribution in [0.25, 0.3) is 0 Å². The maximum atomic E-state index is 12.4. The van der Waals surface area contributed by atoms with Crippen LogP contribution in [-0.4, -0.2) is 30.3 Å². The normalized spacial score (nSPS) is 20.4. The van der Waals surface area contributed by atoms with Gasteiger partial charge >= 0.3 is 0 Å². The van der Waals surface area contributed by atoms with E-state index < -0.39 is 0 Å². The fourth-order valence-electron chi connectivity index (χ4n) is 3.67. The largest absolute Gasteiger partial charge is 0.354 e. The number of carbonyl (C=O) groups is 1. The molecule has 1 amide bonds. The van der Waals surface area contributed by atoms with E-state index in [2.05, 4.69) is 41.8 Å². The highest BCUT2D eigenvalue weighted by Gasteiger charge is 2.36. The number of carbonyl (C=O) groups excluding carboxylic acids is 1. The molecule has 2 aliphatic rings. The molecule has 1 aromatic carbocycles. The molecule has 1 saturated carbocycles. The Morgan fingerprint density at radius 1 is 1.21 bits per heavy atom. The standard InChI is InChI=1S/C19H28N2OS.ClH/c1-15-4-6-17(7-5-15)23-19(10-2-3-11-19)14-21-18(22)16-8-12-20-13-9-16;/h4-7,16,20H,2-3,8-14H2,1H3,(H,21,22);1H. The van der Waals surface area contributed by atoms with E-state index in [1.165, 1.54) is 36.1 Å². The number of thioether (sulfide) groups is 1. The van der Waals surface area contributed by atoms with E-state index in [1.54, 1.807) is 0 Å². The van der Waals surface area contributed by atoms with Gasteiger partial charge in [0, 0.05) is 22.1 Å². The van der Waals surface area contributed by atoms with Crippen molar-refractivity contribution in [1.29, 1.82) is 0 Å². The van der Waals surface area contributed by atoms with Crippen molar-refractivity contribution in [3.05, 3.63) is 29.8 Å². The summed E-state index contributed by atoms with van der Waals surface area (Å²) in [4.78, 5) is 13.8. The summed E-state index contributed by atoms with van der Waals surface area (Å²) in [5.74, 6) is 0.473. The first-order chi connectivity index (χ1) is 11.2. The molecule has 24 heavy (non-hydrogen) atoms. The monoisotopic (exact) mass is 368 g/mol. The SMILES string of the molecule is Cc1ccc(SC2(CNC(=O)C3CCNCC3)CCCC2)cc1.Cl. The van der Waals surface area contributed by atoms with E-state index in [0.717, 1.165) is 32.5 Å². The molecule has 1 aliphatic carbocycles. The highest BCUT2D eigenvalue weighted by Crippen LogP contribution is 2.45. The van der Waals surface area contributed by atoms with Crippen molar-refractivity contribution in [3.63, 3.8) is 0 Å². The molecule has 0 radical (unpaired) electrons. The third-order valence-corrected chi connectivity index (χ3v) is 6.66. The number of piperidine rings is 1. The predicted molar refractivity (Wildman–Crippen MR) is 104 cm³/mol. The van der Waals surface area contributed by atoms with E-state index in [1.807, 2.05) is 11.8 Å². The fourth-order valence-corrected chi connectivity index (χ4v) is 5.08. The van der Waals surface area contributed by atoms with Gasteiger partial charge in [-0.25, -0.2) is 0 Å². The Kier molecular flexibility index (Phi) is 7.45. The first-order valence-electron chi connectivity index (χ1n) is 8.91.